The highest BCUT2D eigenvalue weighted by molar-refractivity contribution is 5.95. The first-order chi connectivity index (χ1) is 12.7. The Morgan fingerprint density at radius 3 is 2.69 bits per heavy atom. The molecule has 26 heavy (non-hydrogen) atoms. The lowest BCUT2D eigenvalue weighted by molar-refractivity contribution is 0.0971. The molecule has 0 saturated heterocycles. The standard InChI is InChI=1S/C19H16N4O3/c1-25-13-8-6-12(7-9-13)19-23-22-17(26-19)11-10-16(24)18-20-14-4-2-3-5-15(14)21-18/h2-9H,10-11H2,1H3,(H,20,21). The lowest BCUT2D eigenvalue weighted by atomic mass is 10.2. The van der Waals surface area contributed by atoms with Crippen molar-refractivity contribution in [2.24, 2.45) is 0 Å². The molecule has 0 aliphatic carbocycles. The van der Waals surface area contributed by atoms with Crippen LogP contribution in [0.2, 0.25) is 0 Å². The van der Waals surface area contributed by atoms with Gasteiger partial charge in [0.05, 0.1) is 18.1 Å². The number of hydrogen-bond donors (Lipinski definition) is 1. The van der Waals surface area contributed by atoms with E-state index in [1.54, 1.807) is 7.11 Å². The number of nitrogens with one attached hydrogen (secondary N) is 1. The minimum Gasteiger partial charge on any atom is -0.497 e. The molecule has 0 unspecified atom stereocenters. The molecule has 4 aromatic rings. The van der Waals surface area contributed by atoms with Gasteiger partial charge in [-0.25, -0.2) is 4.98 Å². The quantitative estimate of drug-likeness (QED) is 0.537. The van der Waals surface area contributed by atoms with Crippen LogP contribution in [0.3, 0.4) is 0 Å². The molecule has 0 fully saturated rings. The van der Waals surface area contributed by atoms with Crippen LogP contribution in [0.1, 0.15) is 22.9 Å². The fraction of sp³-hybridized carbons (Fsp3) is 0.158. The Bertz CT molecular complexity index is 1020. The average Bonchev–Trinajstić information content (AvgIpc) is 3.33. The largest absolute Gasteiger partial charge is 0.497 e. The third kappa shape index (κ3) is 3.19. The van der Waals surface area contributed by atoms with Crippen molar-refractivity contribution >= 4 is 16.8 Å². The Hall–Kier alpha value is -3.48. The van der Waals surface area contributed by atoms with E-state index >= 15 is 0 Å². The van der Waals surface area contributed by atoms with Gasteiger partial charge in [-0.3, -0.25) is 4.79 Å². The maximum atomic E-state index is 12.3. The van der Waals surface area contributed by atoms with Crippen LogP contribution in [-0.2, 0) is 6.42 Å². The van der Waals surface area contributed by atoms with Crippen molar-refractivity contribution in [2.75, 3.05) is 7.11 Å². The number of imidazole rings is 1. The van der Waals surface area contributed by atoms with Gasteiger partial charge in [0.2, 0.25) is 11.8 Å². The number of carbonyl (C=O) groups is 1. The van der Waals surface area contributed by atoms with Crippen molar-refractivity contribution in [1.82, 2.24) is 20.2 Å². The number of methoxy groups -OCH3 is 1. The van der Waals surface area contributed by atoms with Crippen LogP contribution in [0.25, 0.3) is 22.5 Å². The lowest BCUT2D eigenvalue weighted by Gasteiger charge is -1.99. The predicted molar refractivity (Wildman–Crippen MR) is 95.0 cm³/mol. The first kappa shape index (κ1) is 16.0. The van der Waals surface area contributed by atoms with Crippen molar-refractivity contribution in [3.05, 3.63) is 60.2 Å². The maximum Gasteiger partial charge on any atom is 0.247 e. The second-order valence-corrected chi connectivity index (χ2v) is 5.76. The van der Waals surface area contributed by atoms with Crippen LogP contribution in [0.4, 0.5) is 0 Å². The van der Waals surface area contributed by atoms with Gasteiger partial charge in [0.15, 0.2) is 11.6 Å². The molecule has 2 heterocycles. The predicted octanol–water partition coefficient (Wildman–Crippen LogP) is 3.44. The summed E-state index contributed by atoms with van der Waals surface area (Å²) in [7, 11) is 1.61. The molecule has 0 aliphatic rings. The maximum absolute atomic E-state index is 12.3. The number of fused-ring (bicyclic) bond motifs is 1. The van der Waals surface area contributed by atoms with E-state index in [-0.39, 0.29) is 12.2 Å². The zero-order valence-corrected chi connectivity index (χ0v) is 14.1. The summed E-state index contributed by atoms with van der Waals surface area (Å²) in [4.78, 5) is 19.7. The number of aromatic nitrogens is 4. The van der Waals surface area contributed by atoms with Crippen molar-refractivity contribution in [2.45, 2.75) is 12.8 Å². The minimum absolute atomic E-state index is 0.0922. The average molecular weight is 348 g/mol. The van der Waals surface area contributed by atoms with Crippen LogP contribution in [0.15, 0.2) is 52.9 Å². The molecule has 1 N–H and O–H groups in total. The van der Waals surface area contributed by atoms with Gasteiger partial charge in [0.1, 0.15) is 5.75 Å². The Kier molecular flexibility index (Phi) is 4.18. The molecule has 0 bridgehead atoms. The monoisotopic (exact) mass is 348 g/mol. The van der Waals surface area contributed by atoms with E-state index in [0.717, 1.165) is 22.3 Å². The van der Waals surface area contributed by atoms with Gasteiger partial charge in [0, 0.05) is 18.4 Å². The Labute approximate surface area is 149 Å². The summed E-state index contributed by atoms with van der Waals surface area (Å²) in [6.45, 7) is 0. The minimum atomic E-state index is -0.0922. The van der Waals surface area contributed by atoms with Gasteiger partial charge < -0.3 is 14.1 Å². The second kappa shape index (κ2) is 6.79. The van der Waals surface area contributed by atoms with Crippen LogP contribution in [0, 0.1) is 0 Å². The summed E-state index contributed by atoms with van der Waals surface area (Å²) in [6, 6.07) is 14.9. The number of para-hydroxylation sites is 2. The summed E-state index contributed by atoms with van der Waals surface area (Å²) in [5, 5.41) is 8.05. The first-order valence-electron chi connectivity index (χ1n) is 8.17. The molecular formula is C19H16N4O3. The van der Waals surface area contributed by atoms with Crippen LogP contribution in [-0.4, -0.2) is 33.1 Å². The van der Waals surface area contributed by atoms with Crippen LogP contribution >= 0.6 is 0 Å². The van der Waals surface area contributed by atoms with Gasteiger partial charge in [-0.05, 0) is 36.4 Å². The zero-order valence-electron chi connectivity index (χ0n) is 14.1. The number of carbonyl (C=O) groups excluding carboxylic acids is 1. The molecule has 130 valence electrons. The summed E-state index contributed by atoms with van der Waals surface area (Å²) < 4.78 is 10.8. The Balaban J connectivity index is 1.43. The molecule has 2 aromatic carbocycles. The molecule has 7 nitrogen and oxygen atoms in total. The second-order valence-electron chi connectivity index (χ2n) is 5.76. The fourth-order valence-electron chi connectivity index (χ4n) is 2.63. The van der Waals surface area contributed by atoms with E-state index in [4.69, 9.17) is 9.15 Å². The number of rotatable bonds is 6. The van der Waals surface area contributed by atoms with E-state index in [1.807, 2.05) is 48.5 Å². The normalized spacial score (nSPS) is 11.0. The Morgan fingerprint density at radius 2 is 1.92 bits per heavy atom. The fourth-order valence-corrected chi connectivity index (χ4v) is 2.63. The van der Waals surface area contributed by atoms with E-state index in [2.05, 4.69) is 20.2 Å². The van der Waals surface area contributed by atoms with Gasteiger partial charge in [-0.1, -0.05) is 12.1 Å². The van der Waals surface area contributed by atoms with Crippen molar-refractivity contribution in [3.63, 3.8) is 0 Å². The molecule has 0 atom stereocenters. The SMILES string of the molecule is COc1ccc(-c2nnc(CCC(=O)c3nc4ccccc4[nH]3)o2)cc1. The number of hydrogen-bond acceptors (Lipinski definition) is 6. The lowest BCUT2D eigenvalue weighted by Crippen LogP contribution is -2.03. The van der Waals surface area contributed by atoms with Crippen molar-refractivity contribution in [1.29, 1.82) is 0 Å². The number of aromatic amines is 1. The van der Waals surface area contributed by atoms with Gasteiger partial charge in [-0.2, -0.15) is 0 Å². The number of aryl methyl sites for hydroxylation is 1. The van der Waals surface area contributed by atoms with Gasteiger partial charge in [0.25, 0.3) is 0 Å². The highest BCUT2D eigenvalue weighted by Crippen LogP contribution is 2.21. The van der Waals surface area contributed by atoms with E-state index in [1.165, 1.54) is 0 Å². The number of ketones is 1. The third-order valence-corrected chi connectivity index (χ3v) is 4.02. The van der Waals surface area contributed by atoms with Crippen molar-refractivity contribution < 1.29 is 13.9 Å². The van der Waals surface area contributed by atoms with E-state index in [9.17, 15) is 4.79 Å². The number of H-pyrrole nitrogens is 1. The topological polar surface area (TPSA) is 93.9 Å². The van der Waals surface area contributed by atoms with Gasteiger partial charge >= 0.3 is 0 Å². The molecule has 0 saturated carbocycles. The van der Waals surface area contributed by atoms with E-state index in [0.29, 0.717) is 24.0 Å². The molecule has 0 radical (unpaired) electrons. The van der Waals surface area contributed by atoms with E-state index < -0.39 is 0 Å². The Morgan fingerprint density at radius 1 is 1.12 bits per heavy atom. The highest BCUT2D eigenvalue weighted by atomic mass is 16.5. The number of benzene rings is 2. The van der Waals surface area contributed by atoms with Crippen molar-refractivity contribution in [3.8, 4) is 17.2 Å². The summed E-state index contributed by atoms with van der Waals surface area (Å²) >= 11 is 0. The smallest absolute Gasteiger partial charge is 0.247 e. The highest BCUT2D eigenvalue weighted by Gasteiger charge is 2.14. The third-order valence-electron chi connectivity index (χ3n) is 4.02. The molecule has 0 aliphatic heterocycles. The number of Topliss-reactive ketones (excluding diaryl/α,β-unsaturated/α-hetero) is 1. The van der Waals surface area contributed by atoms with Crippen LogP contribution in [0.5, 0.6) is 5.75 Å². The van der Waals surface area contributed by atoms with Crippen LogP contribution < -0.4 is 4.74 Å². The van der Waals surface area contributed by atoms with Gasteiger partial charge in [-0.15, -0.1) is 10.2 Å². The molecule has 0 spiro atoms. The number of nitrogens with zero attached hydrogens (tertiary/aromatic N) is 3. The molecule has 0 amide bonds. The number of ether oxygens (including phenoxy) is 1. The summed E-state index contributed by atoms with van der Waals surface area (Å²) in [5.41, 5.74) is 2.42. The molecule has 7 heteroatoms. The molecular weight excluding hydrogens is 332 g/mol. The summed E-state index contributed by atoms with van der Waals surface area (Å²) in [5.74, 6) is 1.84. The first-order valence-corrected chi connectivity index (χ1v) is 8.17. The zero-order chi connectivity index (χ0) is 17.9. The molecule has 2 aromatic heterocycles. The molecule has 4 rings (SSSR count). The summed E-state index contributed by atoms with van der Waals surface area (Å²) in [6.07, 6.45) is 0.600.